The van der Waals surface area contributed by atoms with Gasteiger partial charge in [0, 0.05) is 13.1 Å². The number of carbonyl (C=O) groups is 1. The molecule has 1 heterocycles. The Kier molecular flexibility index (Phi) is 6.90. The average molecular weight is 379 g/mol. The Hall–Kier alpha value is -2.13. The van der Waals surface area contributed by atoms with Crippen molar-refractivity contribution in [2.45, 2.75) is 52.9 Å². The molecule has 3 heteroatoms. The van der Waals surface area contributed by atoms with E-state index in [1.54, 1.807) is 0 Å². The summed E-state index contributed by atoms with van der Waals surface area (Å²) in [5.74, 6) is -0.143. The van der Waals surface area contributed by atoms with Crippen molar-refractivity contribution in [3.05, 3.63) is 69.8 Å². The summed E-state index contributed by atoms with van der Waals surface area (Å²) in [4.78, 5) is 15.9. The molecular weight excluding hydrogens is 344 g/mol. The Morgan fingerprint density at radius 2 is 1.32 bits per heavy atom. The first kappa shape index (κ1) is 20.6. The molecule has 1 saturated heterocycles. The summed E-state index contributed by atoms with van der Waals surface area (Å²) in [7, 11) is 0. The zero-order valence-corrected chi connectivity index (χ0v) is 17.8. The quantitative estimate of drug-likeness (QED) is 0.793. The molecule has 2 aromatic carbocycles. The first-order valence-corrected chi connectivity index (χ1v) is 10.6. The number of amides is 1. The highest BCUT2D eigenvalue weighted by Crippen LogP contribution is 2.34. The maximum Gasteiger partial charge on any atom is 0.232 e. The van der Waals surface area contributed by atoms with Gasteiger partial charge in [-0.15, -0.1) is 0 Å². The van der Waals surface area contributed by atoms with Crippen molar-refractivity contribution in [3.8, 4) is 0 Å². The van der Waals surface area contributed by atoms with E-state index in [1.807, 2.05) is 0 Å². The Morgan fingerprint density at radius 3 is 1.79 bits per heavy atom. The number of nitrogens with zero attached hydrogens (tertiary/aromatic N) is 1. The molecule has 0 aromatic heterocycles. The fourth-order valence-corrected chi connectivity index (χ4v) is 4.59. The molecule has 0 spiro atoms. The molecule has 3 nitrogen and oxygen atoms in total. The predicted molar refractivity (Wildman–Crippen MR) is 117 cm³/mol. The standard InChI is InChI=1S/C25H34N2O/c1-18-10-8-11-19(2)22(18)24(23-20(3)12-9-13-21(23)4)25(28)26-14-17-27-15-6-5-7-16-27/h8-13,24H,5-7,14-17H2,1-4H3,(H,26,28). The summed E-state index contributed by atoms with van der Waals surface area (Å²) in [6, 6.07) is 12.6. The minimum atomic E-state index is -0.260. The van der Waals surface area contributed by atoms with Crippen molar-refractivity contribution in [3.63, 3.8) is 0 Å². The maximum atomic E-state index is 13.5. The van der Waals surface area contributed by atoms with Crippen LogP contribution in [0.4, 0.5) is 0 Å². The maximum absolute atomic E-state index is 13.5. The van der Waals surface area contributed by atoms with E-state index in [-0.39, 0.29) is 11.8 Å². The summed E-state index contributed by atoms with van der Waals surface area (Å²) in [5.41, 5.74) is 7.01. The molecule has 150 valence electrons. The highest BCUT2D eigenvalue weighted by atomic mass is 16.1. The van der Waals surface area contributed by atoms with Crippen molar-refractivity contribution < 1.29 is 4.79 Å². The number of piperidine rings is 1. The molecule has 1 fully saturated rings. The lowest BCUT2D eigenvalue weighted by Crippen LogP contribution is -2.39. The highest BCUT2D eigenvalue weighted by molar-refractivity contribution is 5.88. The third-order valence-electron chi connectivity index (χ3n) is 6.10. The topological polar surface area (TPSA) is 32.3 Å². The average Bonchev–Trinajstić information content (AvgIpc) is 2.67. The van der Waals surface area contributed by atoms with Crippen molar-refractivity contribution >= 4 is 5.91 Å². The molecule has 0 atom stereocenters. The Balaban J connectivity index is 1.87. The molecule has 0 bridgehead atoms. The van der Waals surface area contributed by atoms with Gasteiger partial charge in [-0.2, -0.15) is 0 Å². The van der Waals surface area contributed by atoms with Gasteiger partial charge in [-0.05, 0) is 87.0 Å². The lowest BCUT2D eigenvalue weighted by Gasteiger charge is -2.28. The number of aryl methyl sites for hydroxylation is 4. The lowest BCUT2D eigenvalue weighted by molar-refractivity contribution is -0.121. The number of benzene rings is 2. The van der Waals surface area contributed by atoms with Crippen LogP contribution in [-0.2, 0) is 4.79 Å². The largest absolute Gasteiger partial charge is 0.354 e. The van der Waals surface area contributed by atoms with Gasteiger partial charge in [0.1, 0.15) is 0 Å². The molecule has 0 radical (unpaired) electrons. The Labute approximate surface area is 170 Å². The van der Waals surface area contributed by atoms with Crippen molar-refractivity contribution in [2.24, 2.45) is 0 Å². The zero-order valence-electron chi connectivity index (χ0n) is 17.8. The number of likely N-dealkylation sites (tertiary alicyclic amines) is 1. The molecular formula is C25H34N2O. The van der Waals surface area contributed by atoms with Crippen LogP contribution >= 0.6 is 0 Å². The van der Waals surface area contributed by atoms with E-state index in [0.717, 1.165) is 30.8 Å². The van der Waals surface area contributed by atoms with E-state index in [2.05, 4.69) is 74.3 Å². The molecule has 1 aliphatic heterocycles. The third kappa shape index (κ3) is 4.64. The zero-order chi connectivity index (χ0) is 20.1. The first-order valence-electron chi connectivity index (χ1n) is 10.6. The van der Waals surface area contributed by atoms with Crippen LogP contribution < -0.4 is 5.32 Å². The number of rotatable bonds is 6. The van der Waals surface area contributed by atoms with E-state index >= 15 is 0 Å². The van der Waals surface area contributed by atoms with Crippen LogP contribution in [0.2, 0.25) is 0 Å². The summed E-state index contributed by atoms with van der Waals surface area (Å²) in [5, 5.41) is 3.26. The first-order chi connectivity index (χ1) is 13.5. The summed E-state index contributed by atoms with van der Waals surface area (Å²) < 4.78 is 0. The highest BCUT2D eigenvalue weighted by Gasteiger charge is 2.28. The van der Waals surface area contributed by atoms with Gasteiger partial charge in [-0.3, -0.25) is 4.79 Å². The van der Waals surface area contributed by atoms with Crippen LogP contribution in [0.3, 0.4) is 0 Å². The fraction of sp³-hybridized carbons (Fsp3) is 0.480. The van der Waals surface area contributed by atoms with Gasteiger partial charge in [0.25, 0.3) is 0 Å². The van der Waals surface area contributed by atoms with Crippen molar-refractivity contribution in [2.75, 3.05) is 26.2 Å². The number of hydrogen-bond acceptors (Lipinski definition) is 2. The summed E-state index contributed by atoms with van der Waals surface area (Å²) >= 11 is 0. The minimum Gasteiger partial charge on any atom is -0.354 e. The van der Waals surface area contributed by atoms with Crippen LogP contribution in [0.5, 0.6) is 0 Å². The van der Waals surface area contributed by atoms with Crippen LogP contribution in [0.15, 0.2) is 36.4 Å². The van der Waals surface area contributed by atoms with Crippen LogP contribution in [0, 0.1) is 27.7 Å². The second-order valence-corrected chi connectivity index (χ2v) is 8.24. The number of hydrogen-bond donors (Lipinski definition) is 1. The normalized spacial score (nSPS) is 15.0. The molecule has 3 rings (SSSR count). The molecule has 1 amide bonds. The number of carbonyl (C=O) groups excluding carboxylic acids is 1. The van der Waals surface area contributed by atoms with Crippen LogP contribution in [0.25, 0.3) is 0 Å². The number of nitrogens with one attached hydrogen (secondary N) is 1. The SMILES string of the molecule is Cc1cccc(C)c1C(C(=O)NCCN1CCCCC1)c1c(C)cccc1C. The van der Waals surface area contributed by atoms with E-state index in [0.29, 0.717) is 6.54 Å². The lowest BCUT2D eigenvalue weighted by atomic mass is 9.81. The minimum absolute atomic E-state index is 0.117. The second-order valence-electron chi connectivity index (χ2n) is 8.24. The van der Waals surface area contributed by atoms with Gasteiger partial charge in [-0.1, -0.05) is 42.8 Å². The second kappa shape index (κ2) is 9.38. The van der Waals surface area contributed by atoms with Gasteiger partial charge in [-0.25, -0.2) is 0 Å². The molecule has 2 aromatic rings. The van der Waals surface area contributed by atoms with Gasteiger partial charge >= 0.3 is 0 Å². The molecule has 1 aliphatic rings. The van der Waals surface area contributed by atoms with Gasteiger partial charge < -0.3 is 10.2 Å². The van der Waals surface area contributed by atoms with Crippen molar-refractivity contribution in [1.29, 1.82) is 0 Å². The predicted octanol–water partition coefficient (Wildman–Crippen LogP) is 4.65. The van der Waals surface area contributed by atoms with Gasteiger partial charge in [0.15, 0.2) is 0 Å². The summed E-state index contributed by atoms with van der Waals surface area (Å²) in [6.45, 7) is 12.4. The van der Waals surface area contributed by atoms with E-state index in [1.165, 1.54) is 41.5 Å². The third-order valence-corrected chi connectivity index (χ3v) is 6.10. The summed E-state index contributed by atoms with van der Waals surface area (Å²) in [6.07, 6.45) is 3.90. The fourth-order valence-electron chi connectivity index (χ4n) is 4.59. The molecule has 0 unspecified atom stereocenters. The van der Waals surface area contributed by atoms with Gasteiger partial charge in [0.05, 0.1) is 5.92 Å². The van der Waals surface area contributed by atoms with E-state index in [9.17, 15) is 4.79 Å². The molecule has 1 N–H and O–H groups in total. The molecule has 28 heavy (non-hydrogen) atoms. The van der Waals surface area contributed by atoms with Crippen molar-refractivity contribution in [1.82, 2.24) is 10.2 Å². The molecule has 0 saturated carbocycles. The van der Waals surface area contributed by atoms with Gasteiger partial charge in [0.2, 0.25) is 5.91 Å². The monoisotopic (exact) mass is 378 g/mol. The Morgan fingerprint density at radius 1 is 0.857 bits per heavy atom. The smallest absolute Gasteiger partial charge is 0.232 e. The molecule has 0 aliphatic carbocycles. The van der Waals surface area contributed by atoms with Crippen LogP contribution in [0.1, 0.15) is 58.6 Å². The van der Waals surface area contributed by atoms with E-state index in [4.69, 9.17) is 0 Å². The van der Waals surface area contributed by atoms with E-state index < -0.39 is 0 Å². The van der Waals surface area contributed by atoms with Crippen LogP contribution in [-0.4, -0.2) is 37.0 Å². The Bertz CT molecular complexity index is 729.